The van der Waals surface area contributed by atoms with Gasteiger partial charge in [0.1, 0.15) is 0 Å². The van der Waals surface area contributed by atoms with E-state index in [0.717, 1.165) is 18.4 Å². The maximum absolute atomic E-state index is 10.8. The molecule has 0 spiro atoms. The van der Waals surface area contributed by atoms with Gasteiger partial charge >= 0.3 is 0 Å². The molecule has 0 aliphatic rings. The molecule has 17 heavy (non-hydrogen) atoms. The summed E-state index contributed by atoms with van der Waals surface area (Å²) in [6, 6.07) is 6.91. The number of hydrogen-bond acceptors (Lipinski definition) is 2. The van der Waals surface area contributed by atoms with Gasteiger partial charge in [0.25, 0.3) is 5.69 Å². The molecule has 0 heterocycles. The Balaban J connectivity index is 2.66. The third-order valence-electron chi connectivity index (χ3n) is 3.06. The van der Waals surface area contributed by atoms with Crippen molar-refractivity contribution in [3.05, 3.63) is 39.9 Å². The Labute approximate surface area is 107 Å². The van der Waals surface area contributed by atoms with Gasteiger partial charge in [0, 0.05) is 17.0 Å². The zero-order valence-corrected chi connectivity index (χ0v) is 11.0. The maximum Gasteiger partial charge on any atom is 0.272 e. The first kappa shape index (κ1) is 14.0. The molecule has 0 bridgehead atoms. The van der Waals surface area contributed by atoms with Gasteiger partial charge in [-0.05, 0) is 25.2 Å². The van der Waals surface area contributed by atoms with Crippen molar-refractivity contribution in [2.24, 2.45) is 5.92 Å². The first-order valence-electron chi connectivity index (χ1n) is 5.92. The molecule has 4 heteroatoms. The second-order valence-electron chi connectivity index (χ2n) is 4.33. The summed E-state index contributed by atoms with van der Waals surface area (Å²) in [5.74, 6) is 0.376. The van der Waals surface area contributed by atoms with Crippen LogP contribution in [0.5, 0.6) is 0 Å². The van der Waals surface area contributed by atoms with Crippen LogP contribution in [0.3, 0.4) is 0 Å². The average Bonchev–Trinajstić information content (AvgIpc) is 2.35. The Morgan fingerprint density at radius 1 is 1.41 bits per heavy atom. The summed E-state index contributed by atoms with van der Waals surface area (Å²) in [6.45, 7) is 4.15. The van der Waals surface area contributed by atoms with E-state index in [4.69, 9.17) is 11.6 Å². The number of halogens is 1. The van der Waals surface area contributed by atoms with Crippen LogP contribution in [-0.4, -0.2) is 10.3 Å². The number of para-hydroxylation sites is 1. The number of nitro groups is 1. The van der Waals surface area contributed by atoms with Crippen molar-refractivity contribution in [2.75, 3.05) is 0 Å². The molecule has 1 aromatic carbocycles. The van der Waals surface area contributed by atoms with E-state index in [1.807, 2.05) is 12.1 Å². The van der Waals surface area contributed by atoms with Crippen molar-refractivity contribution in [1.82, 2.24) is 0 Å². The Morgan fingerprint density at radius 3 is 2.65 bits per heavy atom. The van der Waals surface area contributed by atoms with Crippen LogP contribution in [0.25, 0.3) is 0 Å². The average molecular weight is 256 g/mol. The van der Waals surface area contributed by atoms with Crippen LogP contribution in [0.1, 0.15) is 32.3 Å². The molecule has 0 saturated heterocycles. The summed E-state index contributed by atoms with van der Waals surface area (Å²) < 4.78 is 0. The van der Waals surface area contributed by atoms with Gasteiger partial charge in [0.05, 0.1) is 4.92 Å². The van der Waals surface area contributed by atoms with E-state index in [2.05, 4.69) is 13.8 Å². The van der Waals surface area contributed by atoms with Crippen molar-refractivity contribution in [1.29, 1.82) is 0 Å². The molecule has 0 aliphatic heterocycles. The summed E-state index contributed by atoms with van der Waals surface area (Å²) in [4.78, 5) is 10.5. The molecular weight excluding hydrogens is 238 g/mol. The van der Waals surface area contributed by atoms with Gasteiger partial charge in [-0.15, -0.1) is 11.6 Å². The molecule has 2 atom stereocenters. The summed E-state index contributed by atoms with van der Waals surface area (Å²) in [5, 5.41) is 11.0. The molecule has 0 aliphatic carbocycles. The largest absolute Gasteiger partial charge is 0.272 e. The molecule has 94 valence electrons. The lowest BCUT2D eigenvalue weighted by Crippen LogP contribution is -2.11. The Hall–Kier alpha value is -1.09. The van der Waals surface area contributed by atoms with Gasteiger partial charge in [-0.2, -0.15) is 0 Å². The van der Waals surface area contributed by atoms with E-state index in [1.165, 1.54) is 0 Å². The van der Waals surface area contributed by atoms with Gasteiger partial charge < -0.3 is 0 Å². The van der Waals surface area contributed by atoms with E-state index in [9.17, 15) is 10.1 Å². The summed E-state index contributed by atoms with van der Waals surface area (Å²) >= 11 is 6.15. The molecule has 1 aromatic rings. The lowest BCUT2D eigenvalue weighted by Gasteiger charge is -2.15. The van der Waals surface area contributed by atoms with E-state index in [0.29, 0.717) is 12.3 Å². The van der Waals surface area contributed by atoms with E-state index < -0.39 is 0 Å². The fourth-order valence-electron chi connectivity index (χ4n) is 1.87. The number of aryl methyl sites for hydroxylation is 1. The molecule has 0 saturated carbocycles. The van der Waals surface area contributed by atoms with Gasteiger partial charge in [-0.25, -0.2) is 0 Å². The lowest BCUT2D eigenvalue weighted by atomic mass is 9.96. The van der Waals surface area contributed by atoms with Crippen LogP contribution in [0.4, 0.5) is 5.69 Å². The zero-order valence-electron chi connectivity index (χ0n) is 10.2. The van der Waals surface area contributed by atoms with Crippen molar-refractivity contribution >= 4 is 17.3 Å². The predicted octanol–water partition coefficient (Wildman–Crippen LogP) is 4.18. The molecule has 0 fully saturated rings. The fourth-order valence-corrected chi connectivity index (χ4v) is 1.99. The molecular formula is C13H18ClNO2. The third kappa shape index (κ3) is 4.00. The van der Waals surface area contributed by atoms with Crippen molar-refractivity contribution in [2.45, 2.75) is 38.5 Å². The first-order valence-corrected chi connectivity index (χ1v) is 6.36. The number of benzene rings is 1. The van der Waals surface area contributed by atoms with Crippen LogP contribution in [0, 0.1) is 16.0 Å². The van der Waals surface area contributed by atoms with Crippen LogP contribution in [0.15, 0.2) is 24.3 Å². The quantitative estimate of drug-likeness (QED) is 0.435. The third-order valence-corrected chi connectivity index (χ3v) is 3.80. The SMILES string of the molecule is CCC(Cl)C(C)CCc1ccccc1[N+](=O)[O-]. The normalized spacial score (nSPS) is 14.3. The summed E-state index contributed by atoms with van der Waals surface area (Å²) in [5.41, 5.74) is 1.01. The number of nitro benzene ring substituents is 1. The maximum atomic E-state index is 10.8. The van der Waals surface area contributed by atoms with E-state index >= 15 is 0 Å². The van der Waals surface area contributed by atoms with Crippen molar-refractivity contribution < 1.29 is 4.92 Å². The minimum absolute atomic E-state index is 0.151. The highest BCUT2D eigenvalue weighted by atomic mass is 35.5. The fraction of sp³-hybridized carbons (Fsp3) is 0.538. The minimum atomic E-state index is -0.321. The highest BCUT2D eigenvalue weighted by Gasteiger charge is 2.16. The first-order chi connectivity index (χ1) is 8.06. The Morgan fingerprint density at radius 2 is 2.06 bits per heavy atom. The molecule has 0 aromatic heterocycles. The Kier molecular flexibility index (Phi) is 5.42. The van der Waals surface area contributed by atoms with Gasteiger partial charge in [-0.1, -0.05) is 32.0 Å². The standard InChI is InChI=1S/C13H18ClNO2/c1-3-12(14)10(2)8-9-11-6-4-5-7-13(11)15(16)17/h4-7,10,12H,3,8-9H2,1-2H3. The number of hydrogen-bond donors (Lipinski definition) is 0. The number of alkyl halides is 1. The highest BCUT2D eigenvalue weighted by molar-refractivity contribution is 6.20. The van der Waals surface area contributed by atoms with Gasteiger partial charge in [0.2, 0.25) is 0 Å². The second-order valence-corrected chi connectivity index (χ2v) is 4.89. The summed E-state index contributed by atoms with van der Waals surface area (Å²) in [7, 11) is 0. The number of rotatable bonds is 6. The molecule has 0 amide bonds. The van der Waals surface area contributed by atoms with Crippen LogP contribution >= 0.6 is 11.6 Å². The zero-order chi connectivity index (χ0) is 12.8. The molecule has 1 rings (SSSR count). The topological polar surface area (TPSA) is 43.1 Å². The minimum Gasteiger partial charge on any atom is -0.258 e. The lowest BCUT2D eigenvalue weighted by molar-refractivity contribution is -0.385. The van der Waals surface area contributed by atoms with Crippen LogP contribution in [-0.2, 0) is 6.42 Å². The van der Waals surface area contributed by atoms with Crippen molar-refractivity contribution in [3.63, 3.8) is 0 Å². The smallest absolute Gasteiger partial charge is 0.258 e. The molecule has 3 nitrogen and oxygen atoms in total. The van der Waals surface area contributed by atoms with Crippen LogP contribution in [0.2, 0.25) is 0 Å². The second kappa shape index (κ2) is 6.60. The summed E-state index contributed by atoms with van der Waals surface area (Å²) in [6.07, 6.45) is 2.52. The Bertz CT molecular complexity index is 381. The predicted molar refractivity (Wildman–Crippen MR) is 70.5 cm³/mol. The number of nitrogens with zero attached hydrogens (tertiary/aromatic N) is 1. The van der Waals surface area contributed by atoms with Crippen molar-refractivity contribution in [3.8, 4) is 0 Å². The highest BCUT2D eigenvalue weighted by Crippen LogP contribution is 2.24. The van der Waals surface area contributed by atoms with Gasteiger partial charge in [0.15, 0.2) is 0 Å². The van der Waals surface area contributed by atoms with E-state index in [-0.39, 0.29) is 16.0 Å². The van der Waals surface area contributed by atoms with Crippen LogP contribution < -0.4 is 0 Å². The monoisotopic (exact) mass is 255 g/mol. The molecule has 0 radical (unpaired) electrons. The van der Waals surface area contributed by atoms with Gasteiger partial charge in [-0.3, -0.25) is 10.1 Å². The molecule has 2 unspecified atom stereocenters. The van der Waals surface area contributed by atoms with E-state index in [1.54, 1.807) is 12.1 Å². The molecule has 0 N–H and O–H groups in total.